The van der Waals surface area contributed by atoms with Crippen LogP contribution in [0.15, 0.2) is 48.5 Å². The molecule has 0 atom stereocenters. The Morgan fingerprint density at radius 2 is 1.32 bits per heavy atom. The fraction of sp³-hybridized carbons (Fsp3) is 0.176. The number of carbonyl (C=O) groups excluding carboxylic acids is 2. The Kier molecular flexibility index (Phi) is 5.14. The van der Waals surface area contributed by atoms with E-state index >= 15 is 0 Å². The van der Waals surface area contributed by atoms with Crippen LogP contribution in [0.3, 0.4) is 0 Å². The predicted octanol–water partition coefficient (Wildman–Crippen LogP) is 2.33. The number of hydrogen-bond donors (Lipinski definition) is 2. The molecular weight excluding hydrogens is 280 g/mol. The lowest BCUT2D eigenvalue weighted by Crippen LogP contribution is -2.41. The maximum Gasteiger partial charge on any atom is 0.269 e. The first kappa shape index (κ1) is 15.6. The van der Waals surface area contributed by atoms with E-state index < -0.39 is 0 Å². The van der Waals surface area contributed by atoms with Gasteiger partial charge >= 0.3 is 0 Å². The standard InChI is InChI=1S/C17H18N2O3/c1-3-12-4-6-13(7-5-12)16(20)18-19-17(21)14-8-10-15(22-2)11-9-14/h4-11H,3H2,1-2H3,(H,18,20)(H,19,21). The van der Waals surface area contributed by atoms with Crippen LogP contribution in [0.25, 0.3) is 0 Å². The Bertz CT molecular complexity index is 589. The summed E-state index contributed by atoms with van der Waals surface area (Å²) in [5.74, 6) is -0.0812. The zero-order valence-corrected chi connectivity index (χ0v) is 12.6. The number of methoxy groups -OCH3 is 1. The van der Waals surface area contributed by atoms with E-state index in [0.717, 1.165) is 12.0 Å². The molecule has 0 aliphatic heterocycles. The molecule has 22 heavy (non-hydrogen) atoms. The van der Waals surface area contributed by atoms with Gasteiger partial charge in [0.1, 0.15) is 5.75 Å². The third kappa shape index (κ3) is 3.85. The Hall–Kier alpha value is -2.82. The smallest absolute Gasteiger partial charge is 0.269 e. The topological polar surface area (TPSA) is 67.4 Å². The van der Waals surface area contributed by atoms with E-state index in [4.69, 9.17) is 4.74 Å². The van der Waals surface area contributed by atoms with E-state index in [0.29, 0.717) is 16.9 Å². The number of amides is 2. The zero-order chi connectivity index (χ0) is 15.9. The molecule has 0 aliphatic rings. The lowest BCUT2D eigenvalue weighted by Gasteiger charge is -2.08. The molecular formula is C17H18N2O3. The van der Waals surface area contributed by atoms with Crippen molar-refractivity contribution in [2.45, 2.75) is 13.3 Å². The van der Waals surface area contributed by atoms with Crippen molar-refractivity contribution >= 4 is 11.8 Å². The summed E-state index contributed by atoms with van der Waals surface area (Å²) in [7, 11) is 1.55. The van der Waals surface area contributed by atoms with Crippen LogP contribution >= 0.6 is 0 Å². The lowest BCUT2D eigenvalue weighted by atomic mass is 10.1. The molecule has 0 unspecified atom stereocenters. The van der Waals surface area contributed by atoms with Crippen molar-refractivity contribution in [2.24, 2.45) is 0 Å². The predicted molar refractivity (Wildman–Crippen MR) is 83.7 cm³/mol. The van der Waals surface area contributed by atoms with Crippen LogP contribution in [0.1, 0.15) is 33.2 Å². The average molecular weight is 298 g/mol. The molecule has 0 spiro atoms. The van der Waals surface area contributed by atoms with Gasteiger partial charge < -0.3 is 4.74 Å². The van der Waals surface area contributed by atoms with E-state index in [-0.39, 0.29) is 11.8 Å². The molecule has 0 aromatic heterocycles. The minimum absolute atomic E-state index is 0.357. The number of hydrogen-bond acceptors (Lipinski definition) is 3. The van der Waals surface area contributed by atoms with Crippen LogP contribution < -0.4 is 15.6 Å². The molecule has 2 amide bonds. The van der Waals surface area contributed by atoms with E-state index in [9.17, 15) is 9.59 Å². The molecule has 114 valence electrons. The first-order valence-electron chi connectivity index (χ1n) is 6.97. The van der Waals surface area contributed by atoms with Crippen LogP contribution in [0.2, 0.25) is 0 Å². The summed E-state index contributed by atoms with van der Waals surface area (Å²) < 4.78 is 5.02. The molecule has 0 saturated carbocycles. The first-order chi connectivity index (χ1) is 10.6. The third-order valence-corrected chi connectivity index (χ3v) is 3.27. The number of hydrazine groups is 1. The number of rotatable bonds is 4. The molecule has 5 nitrogen and oxygen atoms in total. The Labute approximate surface area is 129 Å². The van der Waals surface area contributed by atoms with Gasteiger partial charge in [-0.05, 0) is 48.4 Å². The Morgan fingerprint density at radius 3 is 1.73 bits per heavy atom. The van der Waals surface area contributed by atoms with Crippen molar-refractivity contribution in [1.82, 2.24) is 10.9 Å². The van der Waals surface area contributed by atoms with Crippen molar-refractivity contribution in [2.75, 3.05) is 7.11 Å². The van der Waals surface area contributed by atoms with Gasteiger partial charge in [0.2, 0.25) is 0 Å². The second-order valence-corrected chi connectivity index (χ2v) is 4.69. The summed E-state index contributed by atoms with van der Waals surface area (Å²) in [4.78, 5) is 23.8. The minimum Gasteiger partial charge on any atom is -0.497 e. The maximum atomic E-state index is 11.9. The van der Waals surface area contributed by atoms with Gasteiger partial charge in [-0.3, -0.25) is 20.4 Å². The van der Waals surface area contributed by atoms with Crippen LogP contribution in [-0.4, -0.2) is 18.9 Å². The number of nitrogens with one attached hydrogen (secondary N) is 2. The van der Waals surface area contributed by atoms with E-state index in [2.05, 4.69) is 10.9 Å². The third-order valence-electron chi connectivity index (χ3n) is 3.27. The number of carbonyl (C=O) groups is 2. The molecule has 5 heteroatoms. The van der Waals surface area contributed by atoms with Gasteiger partial charge in [0.15, 0.2) is 0 Å². The second-order valence-electron chi connectivity index (χ2n) is 4.69. The monoisotopic (exact) mass is 298 g/mol. The summed E-state index contributed by atoms with van der Waals surface area (Å²) in [5, 5.41) is 0. The number of ether oxygens (including phenoxy) is 1. The molecule has 2 N–H and O–H groups in total. The first-order valence-corrected chi connectivity index (χ1v) is 6.97. The van der Waals surface area contributed by atoms with Crippen LogP contribution in [-0.2, 0) is 6.42 Å². The van der Waals surface area contributed by atoms with Crippen molar-refractivity contribution in [1.29, 1.82) is 0 Å². The highest BCUT2D eigenvalue weighted by atomic mass is 16.5. The van der Waals surface area contributed by atoms with E-state index in [1.54, 1.807) is 43.5 Å². The van der Waals surface area contributed by atoms with Crippen LogP contribution in [0.4, 0.5) is 0 Å². The van der Waals surface area contributed by atoms with E-state index in [1.165, 1.54) is 0 Å². The van der Waals surface area contributed by atoms with Gasteiger partial charge in [0, 0.05) is 11.1 Å². The molecule has 0 bridgehead atoms. The summed E-state index contributed by atoms with van der Waals surface area (Å²) >= 11 is 0. The van der Waals surface area contributed by atoms with Crippen LogP contribution in [0, 0.1) is 0 Å². The normalized spacial score (nSPS) is 9.91. The highest BCUT2D eigenvalue weighted by Crippen LogP contribution is 2.11. The Morgan fingerprint density at radius 1 is 0.864 bits per heavy atom. The maximum absolute atomic E-state index is 11.9. The van der Waals surface area contributed by atoms with Crippen LogP contribution in [0.5, 0.6) is 5.75 Å². The average Bonchev–Trinajstić information content (AvgIpc) is 2.59. The van der Waals surface area contributed by atoms with Crippen molar-refractivity contribution in [3.63, 3.8) is 0 Å². The summed E-state index contributed by atoms with van der Waals surface area (Å²) in [5.41, 5.74) is 6.85. The Balaban J connectivity index is 1.92. The largest absolute Gasteiger partial charge is 0.497 e. The fourth-order valence-corrected chi connectivity index (χ4v) is 1.89. The SMILES string of the molecule is CCc1ccc(C(=O)NNC(=O)c2ccc(OC)cc2)cc1. The summed E-state index contributed by atoms with van der Waals surface area (Å²) in [6, 6.07) is 13.8. The highest BCUT2D eigenvalue weighted by molar-refractivity contribution is 5.99. The van der Waals surface area contributed by atoms with Gasteiger partial charge in [-0.2, -0.15) is 0 Å². The van der Waals surface area contributed by atoms with Gasteiger partial charge in [-0.15, -0.1) is 0 Å². The highest BCUT2D eigenvalue weighted by Gasteiger charge is 2.09. The minimum atomic E-state index is -0.388. The summed E-state index contributed by atoms with van der Waals surface area (Å²) in [6.45, 7) is 2.05. The fourth-order valence-electron chi connectivity index (χ4n) is 1.89. The molecule has 2 aromatic rings. The molecule has 0 heterocycles. The molecule has 0 radical (unpaired) electrons. The van der Waals surface area contributed by atoms with Gasteiger partial charge in [0.05, 0.1) is 7.11 Å². The van der Waals surface area contributed by atoms with Gasteiger partial charge in [-0.25, -0.2) is 0 Å². The number of aryl methyl sites for hydroxylation is 1. The molecule has 2 aromatic carbocycles. The van der Waals surface area contributed by atoms with E-state index in [1.807, 2.05) is 19.1 Å². The molecule has 0 aliphatic carbocycles. The van der Waals surface area contributed by atoms with Crippen molar-refractivity contribution < 1.29 is 14.3 Å². The molecule has 0 fully saturated rings. The van der Waals surface area contributed by atoms with Crippen molar-refractivity contribution in [3.8, 4) is 5.75 Å². The summed E-state index contributed by atoms with van der Waals surface area (Å²) in [6.07, 6.45) is 0.913. The molecule has 2 rings (SSSR count). The van der Waals surface area contributed by atoms with Crippen molar-refractivity contribution in [3.05, 3.63) is 65.2 Å². The quantitative estimate of drug-likeness (QED) is 0.851. The lowest BCUT2D eigenvalue weighted by molar-refractivity contribution is 0.0846. The number of benzene rings is 2. The van der Waals surface area contributed by atoms with Gasteiger partial charge in [0.25, 0.3) is 11.8 Å². The van der Waals surface area contributed by atoms with Gasteiger partial charge in [-0.1, -0.05) is 19.1 Å². The second kappa shape index (κ2) is 7.26. The zero-order valence-electron chi connectivity index (χ0n) is 12.6. The molecule has 0 saturated heterocycles.